The summed E-state index contributed by atoms with van der Waals surface area (Å²) in [4.78, 5) is 20.2. The highest BCUT2D eigenvalue weighted by Crippen LogP contribution is 2.34. The molecule has 0 unspecified atom stereocenters. The van der Waals surface area contributed by atoms with Crippen molar-refractivity contribution in [1.82, 2.24) is 9.97 Å². The maximum absolute atomic E-state index is 12.0. The minimum atomic E-state index is -1.15. The van der Waals surface area contributed by atoms with Crippen molar-refractivity contribution in [1.29, 1.82) is 0 Å². The SMILES string of the molecule is COc1cccc(-c2cccc(Oc3nc(OC)cc(OC)n3)c2C(=O)O)c1. The molecular formula is C20H18N2O6. The molecule has 1 heterocycles. The standard InChI is InChI=1S/C20H18N2O6/c1-25-13-7-4-6-12(10-13)14-8-5-9-15(18(14)19(23)24)28-20-21-16(26-2)11-17(22-20)27-3/h4-11H,1-3H3,(H,23,24). The van der Waals surface area contributed by atoms with Gasteiger partial charge in [-0.3, -0.25) is 0 Å². The van der Waals surface area contributed by atoms with E-state index < -0.39 is 5.97 Å². The van der Waals surface area contributed by atoms with Crippen LogP contribution in [0.1, 0.15) is 10.4 Å². The molecule has 0 spiro atoms. The summed E-state index contributed by atoms with van der Waals surface area (Å²) in [6.07, 6.45) is 0. The Labute approximate surface area is 161 Å². The van der Waals surface area contributed by atoms with Gasteiger partial charge < -0.3 is 24.1 Å². The zero-order chi connectivity index (χ0) is 20.1. The molecule has 0 atom stereocenters. The minimum Gasteiger partial charge on any atom is -0.497 e. The zero-order valence-electron chi connectivity index (χ0n) is 15.5. The largest absolute Gasteiger partial charge is 0.497 e. The summed E-state index contributed by atoms with van der Waals surface area (Å²) in [5.41, 5.74) is 1.12. The van der Waals surface area contributed by atoms with E-state index >= 15 is 0 Å². The van der Waals surface area contributed by atoms with Gasteiger partial charge in [-0.25, -0.2) is 4.79 Å². The summed E-state index contributed by atoms with van der Waals surface area (Å²) in [6.45, 7) is 0. The van der Waals surface area contributed by atoms with Crippen LogP contribution in [-0.2, 0) is 0 Å². The van der Waals surface area contributed by atoms with Crippen molar-refractivity contribution in [2.75, 3.05) is 21.3 Å². The van der Waals surface area contributed by atoms with Crippen LogP contribution >= 0.6 is 0 Å². The molecule has 28 heavy (non-hydrogen) atoms. The maximum atomic E-state index is 12.0. The van der Waals surface area contributed by atoms with Gasteiger partial charge in [-0.05, 0) is 23.8 Å². The summed E-state index contributed by atoms with van der Waals surface area (Å²) in [7, 11) is 4.43. The molecule has 3 rings (SSSR count). The lowest BCUT2D eigenvalue weighted by molar-refractivity contribution is 0.0695. The van der Waals surface area contributed by atoms with Crippen LogP contribution in [0.15, 0.2) is 48.5 Å². The average molecular weight is 382 g/mol. The summed E-state index contributed by atoms with van der Waals surface area (Å²) >= 11 is 0. The summed E-state index contributed by atoms with van der Waals surface area (Å²) < 4.78 is 21.1. The van der Waals surface area contributed by atoms with E-state index in [2.05, 4.69) is 9.97 Å². The predicted molar refractivity (Wildman–Crippen MR) is 101 cm³/mol. The molecule has 0 aliphatic heterocycles. The van der Waals surface area contributed by atoms with Gasteiger partial charge in [0.25, 0.3) is 0 Å². The molecule has 2 aromatic carbocycles. The van der Waals surface area contributed by atoms with Gasteiger partial charge in [0.05, 0.1) is 27.4 Å². The van der Waals surface area contributed by atoms with E-state index in [1.54, 1.807) is 43.5 Å². The smallest absolute Gasteiger partial charge is 0.340 e. The average Bonchev–Trinajstić information content (AvgIpc) is 2.73. The van der Waals surface area contributed by atoms with E-state index in [1.807, 2.05) is 0 Å². The maximum Gasteiger partial charge on any atom is 0.340 e. The Balaban J connectivity index is 2.09. The quantitative estimate of drug-likeness (QED) is 0.661. The number of methoxy groups -OCH3 is 3. The normalized spacial score (nSPS) is 10.2. The van der Waals surface area contributed by atoms with Gasteiger partial charge in [-0.15, -0.1) is 0 Å². The van der Waals surface area contributed by atoms with Crippen LogP contribution in [0.25, 0.3) is 11.1 Å². The molecule has 1 N–H and O–H groups in total. The molecule has 8 nitrogen and oxygen atoms in total. The Morgan fingerprint density at radius 3 is 2.18 bits per heavy atom. The number of carboxylic acids is 1. The number of rotatable bonds is 7. The van der Waals surface area contributed by atoms with Crippen molar-refractivity contribution >= 4 is 5.97 Å². The van der Waals surface area contributed by atoms with E-state index in [0.29, 0.717) is 16.9 Å². The fourth-order valence-corrected chi connectivity index (χ4v) is 2.60. The molecule has 0 bridgehead atoms. The topological polar surface area (TPSA) is 100 Å². The van der Waals surface area contributed by atoms with Crippen LogP contribution in [0.4, 0.5) is 0 Å². The Hall–Kier alpha value is -3.81. The lowest BCUT2D eigenvalue weighted by Gasteiger charge is -2.13. The van der Waals surface area contributed by atoms with E-state index in [1.165, 1.54) is 26.4 Å². The molecule has 0 saturated heterocycles. The first-order chi connectivity index (χ1) is 13.5. The number of aromatic carboxylic acids is 1. The number of nitrogens with zero attached hydrogens (tertiary/aromatic N) is 2. The van der Waals surface area contributed by atoms with Crippen LogP contribution in [0, 0.1) is 0 Å². The third kappa shape index (κ3) is 3.96. The van der Waals surface area contributed by atoms with Crippen LogP contribution in [0.3, 0.4) is 0 Å². The summed E-state index contributed by atoms with van der Waals surface area (Å²) in [5, 5.41) is 9.81. The first-order valence-electron chi connectivity index (χ1n) is 8.21. The second-order valence-corrected chi connectivity index (χ2v) is 5.55. The van der Waals surface area contributed by atoms with Gasteiger partial charge in [-0.2, -0.15) is 9.97 Å². The third-order valence-electron chi connectivity index (χ3n) is 3.90. The highest BCUT2D eigenvalue weighted by atomic mass is 16.5. The van der Waals surface area contributed by atoms with E-state index in [0.717, 1.165) is 0 Å². The van der Waals surface area contributed by atoms with Crippen LogP contribution in [-0.4, -0.2) is 42.4 Å². The molecule has 8 heteroatoms. The Morgan fingerprint density at radius 2 is 1.57 bits per heavy atom. The minimum absolute atomic E-state index is 0.0267. The second kappa shape index (κ2) is 8.26. The van der Waals surface area contributed by atoms with Crippen molar-refractivity contribution in [3.8, 4) is 40.4 Å². The fraction of sp³-hybridized carbons (Fsp3) is 0.150. The highest BCUT2D eigenvalue weighted by Gasteiger charge is 2.20. The molecular weight excluding hydrogens is 364 g/mol. The van der Waals surface area contributed by atoms with Gasteiger partial charge in [0.15, 0.2) is 0 Å². The van der Waals surface area contributed by atoms with E-state index in [9.17, 15) is 9.90 Å². The molecule has 0 aliphatic rings. The molecule has 0 aliphatic carbocycles. The van der Waals surface area contributed by atoms with Crippen LogP contribution < -0.4 is 18.9 Å². The van der Waals surface area contributed by atoms with Gasteiger partial charge in [-0.1, -0.05) is 24.3 Å². The number of benzene rings is 2. The lowest BCUT2D eigenvalue weighted by atomic mass is 9.98. The number of carboxylic acid groups (broad SMARTS) is 1. The fourth-order valence-electron chi connectivity index (χ4n) is 2.60. The molecule has 0 amide bonds. The molecule has 1 aromatic heterocycles. The molecule has 0 fully saturated rings. The summed E-state index contributed by atoms with van der Waals surface area (Å²) in [6, 6.07) is 13.4. The monoisotopic (exact) mass is 382 g/mol. The molecule has 0 saturated carbocycles. The van der Waals surface area contributed by atoms with Crippen LogP contribution in [0.2, 0.25) is 0 Å². The number of ether oxygens (including phenoxy) is 4. The zero-order valence-corrected chi connectivity index (χ0v) is 15.5. The van der Waals surface area contributed by atoms with Crippen molar-refractivity contribution in [3.05, 3.63) is 54.1 Å². The molecule has 144 valence electrons. The molecule has 0 radical (unpaired) electrons. The van der Waals surface area contributed by atoms with Crippen molar-refractivity contribution in [3.63, 3.8) is 0 Å². The number of aromatic nitrogens is 2. The third-order valence-corrected chi connectivity index (χ3v) is 3.90. The van der Waals surface area contributed by atoms with Crippen molar-refractivity contribution in [2.45, 2.75) is 0 Å². The number of carbonyl (C=O) groups is 1. The Morgan fingerprint density at radius 1 is 0.893 bits per heavy atom. The van der Waals surface area contributed by atoms with Crippen molar-refractivity contribution in [2.24, 2.45) is 0 Å². The lowest BCUT2D eigenvalue weighted by Crippen LogP contribution is -2.05. The summed E-state index contributed by atoms with van der Waals surface area (Å²) in [5.74, 6) is -0.00205. The Kier molecular flexibility index (Phi) is 5.59. The number of hydrogen-bond acceptors (Lipinski definition) is 7. The van der Waals surface area contributed by atoms with E-state index in [-0.39, 0.29) is 29.1 Å². The van der Waals surface area contributed by atoms with Crippen LogP contribution in [0.5, 0.6) is 29.3 Å². The van der Waals surface area contributed by atoms with Gasteiger partial charge in [0.1, 0.15) is 17.1 Å². The highest BCUT2D eigenvalue weighted by molar-refractivity contribution is 5.99. The molecule has 3 aromatic rings. The second-order valence-electron chi connectivity index (χ2n) is 5.55. The van der Waals surface area contributed by atoms with Gasteiger partial charge in [0, 0.05) is 5.56 Å². The first-order valence-corrected chi connectivity index (χ1v) is 8.21. The van der Waals surface area contributed by atoms with E-state index in [4.69, 9.17) is 18.9 Å². The predicted octanol–water partition coefficient (Wildman–Crippen LogP) is 3.66. The Bertz CT molecular complexity index is 983. The van der Waals surface area contributed by atoms with Gasteiger partial charge in [0.2, 0.25) is 11.8 Å². The first kappa shape index (κ1) is 19.0. The van der Waals surface area contributed by atoms with Gasteiger partial charge >= 0.3 is 12.0 Å². The number of hydrogen-bond donors (Lipinski definition) is 1. The van der Waals surface area contributed by atoms with Crippen molar-refractivity contribution < 1.29 is 28.8 Å².